The largest absolute Gasteiger partial charge is 0.408 e. The number of nitrogens with zero attached hydrogens (tertiary/aromatic N) is 3. The van der Waals surface area contributed by atoms with Gasteiger partial charge >= 0.3 is 6.01 Å². The maximum atomic E-state index is 11.9. The number of hydrogen-bond donors (Lipinski definition) is 2. The van der Waals surface area contributed by atoms with Crippen molar-refractivity contribution in [3.8, 4) is 0 Å². The molecular weight excluding hydrogens is 222 g/mol. The van der Waals surface area contributed by atoms with Crippen LogP contribution in [0.1, 0.15) is 12.8 Å². The zero-order valence-corrected chi connectivity index (χ0v) is 10.1. The molecule has 0 bridgehead atoms. The molecule has 1 aromatic rings. The van der Waals surface area contributed by atoms with Crippen LogP contribution >= 0.6 is 0 Å². The molecule has 2 N–H and O–H groups in total. The van der Waals surface area contributed by atoms with Crippen LogP contribution in [0.3, 0.4) is 0 Å². The number of rotatable bonds is 3. The first kappa shape index (κ1) is 12.0. The fourth-order valence-corrected chi connectivity index (χ4v) is 1.79. The predicted molar refractivity (Wildman–Crippen MR) is 61.6 cm³/mol. The first-order valence-electron chi connectivity index (χ1n) is 5.72. The fourth-order valence-electron chi connectivity index (χ4n) is 1.79. The molecule has 1 atom stereocenters. The third kappa shape index (κ3) is 3.01. The number of nitrogens with one attached hydrogen (secondary N) is 2. The molecule has 1 aliphatic heterocycles. The molecule has 0 saturated carbocycles. The summed E-state index contributed by atoms with van der Waals surface area (Å²) in [7, 11) is 0. The molecule has 1 saturated heterocycles. The molecule has 0 radical (unpaired) electrons. The van der Waals surface area contributed by atoms with E-state index in [0.29, 0.717) is 5.89 Å². The lowest BCUT2D eigenvalue weighted by Gasteiger charge is -2.31. The van der Waals surface area contributed by atoms with E-state index in [1.54, 1.807) is 6.92 Å². The van der Waals surface area contributed by atoms with Gasteiger partial charge in [-0.05, 0) is 6.92 Å². The van der Waals surface area contributed by atoms with Gasteiger partial charge in [0.15, 0.2) is 0 Å². The Morgan fingerprint density at radius 1 is 1.47 bits per heavy atom. The molecule has 2 heterocycles. The van der Waals surface area contributed by atoms with E-state index in [1.165, 1.54) is 0 Å². The molecule has 0 spiro atoms. The van der Waals surface area contributed by atoms with E-state index in [9.17, 15) is 4.79 Å². The highest BCUT2D eigenvalue weighted by atomic mass is 16.4. The summed E-state index contributed by atoms with van der Waals surface area (Å²) in [6.07, 6.45) is 0. The number of carbonyl (C=O) groups is 1. The molecule has 0 aromatic carbocycles. The number of aryl methyl sites for hydroxylation is 1. The molecule has 1 aromatic heterocycles. The van der Waals surface area contributed by atoms with Crippen molar-refractivity contribution in [2.75, 3.05) is 31.5 Å². The lowest BCUT2D eigenvalue weighted by molar-refractivity contribution is -0.121. The Balaban J connectivity index is 1.90. The fraction of sp³-hybridized carbons (Fsp3) is 0.700. The van der Waals surface area contributed by atoms with Gasteiger partial charge in [-0.3, -0.25) is 15.0 Å². The molecule has 2 rings (SSSR count). The van der Waals surface area contributed by atoms with E-state index >= 15 is 0 Å². The van der Waals surface area contributed by atoms with Gasteiger partial charge in [0.1, 0.15) is 0 Å². The van der Waals surface area contributed by atoms with Crippen molar-refractivity contribution >= 4 is 11.9 Å². The Kier molecular flexibility index (Phi) is 3.70. The van der Waals surface area contributed by atoms with Crippen molar-refractivity contribution in [3.05, 3.63) is 5.89 Å². The standard InChI is InChI=1S/C10H17N5O2/c1-7(15-5-3-11-4-6-15)9(16)12-10-14-13-8(2)17-10/h7,11H,3-6H2,1-2H3,(H,12,14,16). The molecule has 1 aliphatic rings. The van der Waals surface area contributed by atoms with Crippen LogP contribution in [0.4, 0.5) is 6.01 Å². The van der Waals surface area contributed by atoms with E-state index in [2.05, 4.69) is 25.7 Å². The quantitative estimate of drug-likeness (QED) is 0.747. The van der Waals surface area contributed by atoms with Crippen LogP contribution in [0.25, 0.3) is 0 Å². The molecular formula is C10H17N5O2. The van der Waals surface area contributed by atoms with Crippen molar-refractivity contribution < 1.29 is 9.21 Å². The molecule has 1 unspecified atom stereocenters. The summed E-state index contributed by atoms with van der Waals surface area (Å²) in [4.78, 5) is 14.0. The lowest BCUT2D eigenvalue weighted by Crippen LogP contribution is -2.51. The molecule has 94 valence electrons. The average Bonchev–Trinajstić information content (AvgIpc) is 2.75. The Bertz CT molecular complexity index is 386. The third-order valence-electron chi connectivity index (χ3n) is 2.83. The number of carbonyl (C=O) groups excluding carboxylic acids is 1. The monoisotopic (exact) mass is 239 g/mol. The second-order valence-electron chi connectivity index (χ2n) is 4.08. The topological polar surface area (TPSA) is 83.3 Å². The smallest absolute Gasteiger partial charge is 0.322 e. The van der Waals surface area contributed by atoms with E-state index < -0.39 is 0 Å². The minimum absolute atomic E-state index is 0.115. The van der Waals surface area contributed by atoms with Gasteiger partial charge in [-0.1, -0.05) is 5.10 Å². The average molecular weight is 239 g/mol. The Hall–Kier alpha value is -1.47. The van der Waals surface area contributed by atoms with Crippen LogP contribution in [0.2, 0.25) is 0 Å². The number of amides is 1. The van der Waals surface area contributed by atoms with Crippen LogP contribution in [-0.4, -0.2) is 53.2 Å². The second kappa shape index (κ2) is 5.24. The van der Waals surface area contributed by atoms with Crippen LogP contribution in [0, 0.1) is 6.92 Å². The zero-order chi connectivity index (χ0) is 12.3. The number of hydrogen-bond acceptors (Lipinski definition) is 6. The normalized spacial score (nSPS) is 18.9. The van der Waals surface area contributed by atoms with E-state index in [-0.39, 0.29) is 18.0 Å². The molecule has 1 amide bonds. The minimum Gasteiger partial charge on any atom is -0.408 e. The summed E-state index contributed by atoms with van der Waals surface area (Å²) < 4.78 is 5.11. The van der Waals surface area contributed by atoms with Gasteiger partial charge in [-0.2, -0.15) is 0 Å². The second-order valence-corrected chi connectivity index (χ2v) is 4.08. The lowest BCUT2D eigenvalue weighted by atomic mass is 10.2. The number of piperazine rings is 1. The van der Waals surface area contributed by atoms with Crippen LogP contribution in [-0.2, 0) is 4.79 Å². The third-order valence-corrected chi connectivity index (χ3v) is 2.83. The van der Waals surface area contributed by atoms with Crippen molar-refractivity contribution in [1.82, 2.24) is 20.4 Å². The van der Waals surface area contributed by atoms with E-state index in [1.807, 2.05) is 6.92 Å². The summed E-state index contributed by atoms with van der Waals surface area (Å²) in [5.41, 5.74) is 0. The summed E-state index contributed by atoms with van der Waals surface area (Å²) in [5, 5.41) is 13.3. The number of aromatic nitrogens is 2. The zero-order valence-electron chi connectivity index (χ0n) is 10.1. The van der Waals surface area contributed by atoms with E-state index in [0.717, 1.165) is 26.2 Å². The van der Waals surface area contributed by atoms with Crippen molar-refractivity contribution in [3.63, 3.8) is 0 Å². The van der Waals surface area contributed by atoms with Gasteiger partial charge < -0.3 is 9.73 Å². The first-order valence-corrected chi connectivity index (χ1v) is 5.72. The molecule has 7 nitrogen and oxygen atoms in total. The van der Waals surface area contributed by atoms with Crippen molar-refractivity contribution in [2.24, 2.45) is 0 Å². The maximum Gasteiger partial charge on any atom is 0.322 e. The van der Waals surface area contributed by atoms with Crippen LogP contribution < -0.4 is 10.6 Å². The Labute approximate surface area is 99.6 Å². The number of anilines is 1. The van der Waals surface area contributed by atoms with Crippen molar-refractivity contribution in [2.45, 2.75) is 19.9 Å². The summed E-state index contributed by atoms with van der Waals surface area (Å²) in [6.45, 7) is 7.13. The Morgan fingerprint density at radius 3 is 2.76 bits per heavy atom. The van der Waals surface area contributed by atoms with Gasteiger partial charge in [-0.15, -0.1) is 5.10 Å². The molecule has 1 fully saturated rings. The van der Waals surface area contributed by atoms with Gasteiger partial charge in [0, 0.05) is 33.1 Å². The van der Waals surface area contributed by atoms with Crippen LogP contribution in [0.15, 0.2) is 4.42 Å². The highest BCUT2D eigenvalue weighted by Crippen LogP contribution is 2.07. The van der Waals surface area contributed by atoms with Crippen molar-refractivity contribution in [1.29, 1.82) is 0 Å². The first-order chi connectivity index (χ1) is 8.16. The van der Waals surface area contributed by atoms with Gasteiger partial charge in [0.05, 0.1) is 6.04 Å². The van der Waals surface area contributed by atoms with E-state index in [4.69, 9.17) is 4.42 Å². The molecule has 0 aliphatic carbocycles. The van der Waals surface area contributed by atoms with Crippen LogP contribution in [0.5, 0.6) is 0 Å². The van der Waals surface area contributed by atoms with Gasteiger partial charge in [-0.25, -0.2) is 0 Å². The highest BCUT2D eigenvalue weighted by molar-refractivity contribution is 5.92. The highest BCUT2D eigenvalue weighted by Gasteiger charge is 2.23. The SMILES string of the molecule is Cc1nnc(NC(=O)C(C)N2CCNCC2)o1. The molecule has 7 heteroatoms. The summed E-state index contributed by atoms with van der Waals surface area (Å²) >= 11 is 0. The van der Waals surface area contributed by atoms with Gasteiger partial charge in [0.25, 0.3) is 0 Å². The summed E-state index contributed by atoms with van der Waals surface area (Å²) in [5.74, 6) is 0.325. The maximum absolute atomic E-state index is 11.9. The molecule has 17 heavy (non-hydrogen) atoms. The Morgan fingerprint density at radius 2 is 2.18 bits per heavy atom. The predicted octanol–water partition coefficient (Wildman–Crippen LogP) is -0.390. The summed E-state index contributed by atoms with van der Waals surface area (Å²) in [6, 6.07) is -0.0289. The minimum atomic E-state index is -0.190. The van der Waals surface area contributed by atoms with Gasteiger partial charge in [0.2, 0.25) is 11.8 Å².